The first kappa shape index (κ1) is 21.1. The van der Waals surface area contributed by atoms with Crippen LogP contribution in [0.2, 0.25) is 0 Å². The zero-order valence-corrected chi connectivity index (χ0v) is 17.4. The summed E-state index contributed by atoms with van der Waals surface area (Å²) >= 11 is 0. The van der Waals surface area contributed by atoms with Crippen LogP contribution >= 0.6 is 0 Å². The van der Waals surface area contributed by atoms with Crippen molar-refractivity contribution >= 4 is 11.8 Å². The molecule has 1 heterocycles. The van der Waals surface area contributed by atoms with Crippen LogP contribution in [0.4, 0.5) is 14.9 Å². The Labute approximate surface area is 179 Å². The smallest absolute Gasteiger partial charge is 0.410 e. The third kappa shape index (κ3) is 4.33. The molecule has 0 radical (unpaired) electrons. The van der Waals surface area contributed by atoms with Gasteiger partial charge in [-0.25, -0.2) is 9.18 Å². The number of halogens is 1. The van der Waals surface area contributed by atoms with E-state index in [-0.39, 0.29) is 35.5 Å². The van der Waals surface area contributed by atoms with Gasteiger partial charge in [0.2, 0.25) is 0 Å². The summed E-state index contributed by atoms with van der Waals surface area (Å²) in [4.78, 5) is 24.5. The molecule has 0 bridgehead atoms. The largest absolute Gasteiger partial charge is 0.490 e. The van der Waals surface area contributed by atoms with Crippen LogP contribution in [-0.2, 0) is 11.3 Å². The van der Waals surface area contributed by atoms with Crippen LogP contribution in [0.25, 0.3) is 0 Å². The second-order valence-electron chi connectivity index (χ2n) is 8.44. The number of rotatable bonds is 5. The van der Waals surface area contributed by atoms with Crippen LogP contribution in [0, 0.1) is 21.3 Å². The van der Waals surface area contributed by atoms with E-state index in [0.29, 0.717) is 18.7 Å². The number of hydrogen-bond donors (Lipinski definition) is 0. The molecule has 1 saturated heterocycles. The van der Waals surface area contributed by atoms with Crippen LogP contribution in [-0.4, -0.2) is 36.1 Å². The molecule has 0 atom stereocenters. The monoisotopic (exact) mass is 428 g/mol. The molecule has 2 aliphatic rings. The molecule has 1 aliphatic heterocycles. The van der Waals surface area contributed by atoms with Crippen molar-refractivity contribution in [3.05, 3.63) is 69.5 Å². The van der Waals surface area contributed by atoms with Gasteiger partial charge in [0.25, 0.3) is 0 Å². The molecule has 2 aromatic carbocycles. The minimum atomic E-state index is -0.638. The Kier molecular flexibility index (Phi) is 5.80. The van der Waals surface area contributed by atoms with Gasteiger partial charge in [-0.3, -0.25) is 10.1 Å². The van der Waals surface area contributed by atoms with Gasteiger partial charge in [0, 0.05) is 13.1 Å². The Balaban J connectivity index is 1.31. The lowest BCUT2D eigenvalue weighted by Crippen LogP contribution is -2.48. The Morgan fingerprint density at radius 1 is 1.23 bits per heavy atom. The highest BCUT2D eigenvalue weighted by atomic mass is 19.1. The summed E-state index contributed by atoms with van der Waals surface area (Å²) in [7, 11) is 1.35. The number of ether oxygens (including phenoxy) is 2. The van der Waals surface area contributed by atoms with Gasteiger partial charge in [-0.1, -0.05) is 30.3 Å². The minimum absolute atomic E-state index is 0.00582. The standard InChI is InChI=1S/C23H25FN2O5/c1-30-21-11-18(19(24)12-20(21)26(28)29)17-13-23(14-17)7-9-25(10-8-23)22(27)31-15-16-5-3-2-4-6-16/h2-6,11-12,17H,7-10,13-15H2,1H3. The molecule has 2 aromatic rings. The Hall–Kier alpha value is -3.16. The molecule has 0 unspecified atom stereocenters. The molecule has 1 saturated carbocycles. The van der Waals surface area contributed by atoms with Gasteiger partial charge in [0.1, 0.15) is 12.4 Å². The number of amides is 1. The van der Waals surface area contributed by atoms with Crippen LogP contribution in [0.1, 0.15) is 42.7 Å². The highest BCUT2D eigenvalue weighted by Crippen LogP contribution is 2.57. The molecular formula is C23H25FN2O5. The number of nitrogens with zero attached hydrogens (tertiary/aromatic N) is 2. The molecule has 1 spiro atoms. The molecule has 4 rings (SSSR count). The van der Waals surface area contributed by atoms with E-state index in [1.807, 2.05) is 30.3 Å². The van der Waals surface area contributed by atoms with E-state index in [1.165, 1.54) is 13.2 Å². The average molecular weight is 428 g/mol. The number of benzene rings is 2. The number of hydrogen-bond acceptors (Lipinski definition) is 5. The molecule has 8 heteroatoms. The van der Waals surface area contributed by atoms with Crippen molar-refractivity contribution in [2.24, 2.45) is 5.41 Å². The molecule has 1 aliphatic carbocycles. The normalized spacial score (nSPS) is 17.8. The topological polar surface area (TPSA) is 81.9 Å². The van der Waals surface area contributed by atoms with Gasteiger partial charge in [0.05, 0.1) is 18.1 Å². The molecule has 7 nitrogen and oxygen atoms in total. The second-order valence-corrected chi connectivity index (χ2v) is 8.44. The van der Waals surface area contributed by atoms with Crippen molar-refractivity contribution in [3.63, 3.8) is 0 Å². The van der Waals surface area contributed by atoms with E-state index in [4.69, 9.17) is 9.47 Å². The van der Waals surface area contributed by atoms with Gasteiger partial charge >= 0.3 is 11.8 Å². The maximum Gasteiger partial charge on any atom is 0.410 e. The summed E-state index contributed by atoms with van der Waals surface area (Å²) in [6.07, 6.45) is 2.99. The fourth-order valence-electron chi connectivity index (χ4n) is 4.77. The molecule has 31 heavy (non-hydrogen) atoms. The van der Waals surface area contributed by atoms with E-state index >= 15 is 0 Å². The van der Waals surface area contributed by atoms with E-state index in [9.17, 15) is 19.3 Å². The van der Waals surface area contributed by atoms with E-state index in [1.54, 1.807) is 4.90 Å². The van der Waals surface area contributed by atoms with E-state index in [2.05, 4.69) is 0 Å². The summed E-state index contributed by atoms with van der Waals surface area (Å²) in [6.45, 7) is 1.49. The average Bonchev–Trinajstić information content (AvgIpc) is 2.76. The summed E-state index contributed by atoms with van der Waals surface area (Å²) in [5, 5.41) is 11.1. The Bertz CT molecular complexity index is 965. The molecular weight excluding hydrogens is 403 g/mol. The second kappa shape index (κ2) is 8.53. The Morgan fingerprint density at radius 3 is 2.52 bits per heavy atom. The molecule has 164 valence electrons. The van der Waals surface area contributed by atoms with Crippen molar-refractivity contribution in [3.8, 4) is 5.75 Å². The number of carbonyl (C=O) groups excluding carboxylic acids is 1. The molecule has 2 fully saturated rings. The SMILES string of the molecule is COc1cc(C2CC3(CCN(C(=O)OCc4ccccc4)CC3)C2)c(F)cc1[N+](=O)[O-]. The van der Waals surface area contributed by atoms with Crippen LogP contribution in [0.3, 0.4) is 0 Å². The van der Waals surface area contributed by atoms with Crippen molar-refractivity contribution in [1.82, 2.24) is 4.90 Å². The maximum absolute atomic E-state index is 14.5. The summed E-state index contributed by atoms with van der Waals surface area (Å²) in [5.41, 5.74) is 1.15. The maximum atomic E-state index is 14.5. The summed E-state index contributed by atoms with van der Waals surface area (Å²) in [6, 6.07) is 12.0. The van der Waals surface area contributed by atoms with Crippen LogP contribution in [0.5, 0.6) is 5.75 Å². The van der Waals surface area contributed by atoms with Gasteiger partial charge in [0.15, 0.2) is 5.75 Å². The van der Waals surface area contributed by atoms with E-state index in [0.717, 1.165) is 37.3 Å². The van der Waals surface area contributed by atoms with Crippen LogP contribution < -0.4 is 4.74 Å². The highest BCUT2D eigenvalue weighted by molar-refractivity contribution is 5.67. The van der Waals surface area contributed by atoms with Gasteiger partial charge in [-0.05, 0) is 54.2 Å². The van der Waals surface area contributed by atoms with Crippen molar-refractivity contribution < 1.29 is 23.6 Å². The lowest BCUT2D eigenvalue weighted by molar-refractivity contribution is -0.386. The number of likely N-dealkylation sites (tertiary alicyclic amines) is 1. The third-order valence-electron chi connectivity index (χ3n) is 6.58. The van der Waals surface area contributed by atoms with Crippen molar-refractivity contribution in [2.45, 2.75) is 38.2 Å². The number of nitro benzene ring substituents is 1. The zero-order chi connectivity index (χ0) is 22.0. The van der Waals surface area contributed by atoms with Gasteiger partial charge < -0.3 is 14.4 Å². The molecule has 0 aromatic heterocycles. The predicted molar refractivity (Wildman–Crippen MR) is 111 cm³/mol. The molecule has 0 N–H and O–H groups in total. The zero-order valence-electron chi connectivity index (χ0n) is 17.4. The van der Waals surface area contributed by atoms with Crippen molar-refractivity contribution in [1.29, 1.82) is 0 Å². The number of piperidine rings is 1. The summed E-state index contributed by atoms with van der Waals surface area (Å²) < 4.78 is 25.0. The fourth-order valence-corrected chi connectivity index (χ4v) is 4.77. The Morgan fingerprint density at radius 2 is 1.90 bits per heavy atom. The number of methoxy groups -OCH3 is 1. The van der Waals surface area contributed by atoms with Crippen LogP contribution in [0.15, 0.2) is 42.5 Å². The van der Waals surface area contributed by atoms with Gasteiger partial charge in [-0.2, -0.15) is 0 Å². The lowest BCUT2D eigenvalue weighted by atomic mass is 9.56. The third-order valence-corrected chi connectivity index (χ3v) is 6.58. The fraction of sp³-hybridized carbons (Fsp3) is 0.435. The van der Waals surface area contributed by atoms with Crippen molar-refractivity contribution in [2.75, 3.05) is 20.2 Å². The first-order chi connectivity index (χ1) is 14.9. The quantitative estimate of drug-likeness (QED) is 0.492. The highest BCUT2D eigenvalue weighted by Gasteiger charge is 2.48. The number of carbonyl (C=O) groups is 1. The predicted octanol–water partition coefficient (Wildman–Crippen LogP) is 5.04. The molecule has 1 amide bonds. The first-order valence-electron chi connectivity index (χ1n) is 10.4. The summed E-state index contributed by atoms with van der Waals surface area (Å²) in [5.74, 6) is -0.473. The number of nitro groups is 1. The first-order valence-corrected chi connectivity index (χ1v) is 10.4. The van der Waals surface area contributed by atoms with E-state index < -0.39 is 10.7 Å². The lowest BCUT2D eigenvalue weighted by Gasteiger charge is -2.52. The minimum Gasteiger partial charge on any atom is -0.490 e. The van der Waals surface area contributed by atoms with Gasteiger partial charge in [-0.15, -0.1) is 0 Å².